The summed E-state index contributed by atoms with van der Waals surface area (Å²) in [4.78, 5) is 29.5. The number of carboxylic acid groups (broad SMARTS) is 1. The molecular formula is C36H42N4O7S. The second-order valence-corrected chi connectivity index (χ2v) is 15.1. The van der Waals surface area contributed by atoms with E-state index in [0.29, 0.717) is 36.9 Å². The number of fused-ring (bicyclic) bond motifs is 4. The van der Waals surface area contributed by atoms with Crippen LogP contribution in [0.25, 0.3) is 11.1 Å². The normalized spacial score (nSPS) is 18.4. The third-order valence-corrected chi connectivity index (χ3v) is 11.2. The summed E-state index contributed by atoms with van der Waals surface area (Å²) in [6, 6.07) is 14.5. The van der Waals surface area contributed by atoms with E-state index < -0.39 is 33.7 Å². The van der Waals surface area contributed by atoms with Crippen LogP contribution in [0.2, 0.25) is 0 Å². The Hall–Kier alpha value is -4.58. The van der Waals surface area contributed by atoms with Gasteiger partial charge in [-0.25, -0.2) is 22.7 Å². The van der Waals surface area contributed by atoms with E-state index in [9.17, 15) is 23.1 Å². The zero-order valence-corrected chi connectivity index (χ0v) is 28.7. The standard InChI is InChI=1S/C36H42N4O7S/c1-20-21(2)32(22(3)28-18-36(4,5)47-31(20)28)48(44,45)40-34-37-17-16-23(38-34)14-15-30(33(41)42)39-35(43)46-19-29-26-12-8-6-10-24(26)25-11-7-9-13-27(25)29/h6-13,23,29-30H,14-19H2,1-5H3,(H,39,43)(H,41,42)(H2,37,38,40)/t23?,30-/m0/s1. The van der Waals surface area contributed by atoms with Gasteiger partial charge in [0.05, 0.1) is 4.90 Å². The Morgan fingerprint density at radius 2 is 1.69 bits per heavy atom. The van der Waals surface area contributed by atoms with Gasteiger partial charge in [0.1, 0.15) is 24.0 Å². The van der Waals surface area contributed by atoms with Crippen LogP contribution >= 0.6 is 0 Å². The molecule has 0 aromatic heterocycles. The molecule has 2 atom stereocenters. The summed E-state index contributed by atoms with van der Waals surface area (Å²) in [6.07, 6.45) is 0.831. The highest BCUT2D eigenvalue weighted by Crippen LogP contribution is 2.45. The van der Waals surface area contributed by atoms with Crippen LogP contribution in [0.5, 0.6) is 5.75 Å². The maximum absolute atomic E-state index is 13.7. The number of carbonyl (C=O) groups is 2. The molecule has 0 spiro atoms. The van der Waals surface area contributed by atoms with Crippen molar-refractivity contribution in [2.45, 2.75) is 88.8 Å². The summed E-state index contributed by atoms with van der Waals surface area (Å²) in [5, 5.41) is 15.5. The van der Waals surface area contributed by atoms with E-state index in [1.165, 1.54) is 0 Å². The lowest BCUT2D eigenvalue weighted by Crippen LogP contribution is -2.49. The topological polar surface area (TPSA) is 155 Å². The monoisotopic (exact) mass is 674 g/mol. The fraction of sp³-hybridized carbons (Fsp3) is 0.417. The average Bonchev–Trinajstić information content (AvgIpc) is 3.54. The number of guanidine groups is 1. The smallest absolute Gasteiger partial charge is 0.407 e. The number of ether oxygens (including phenoxy) is 2. The molecule has 254 valence electrons. The number of nitrogens with one attached hydrogen (secondary N) is 3. The van der Waals surface area contributed by atoms with Crippen molar-refractivity contribution in [2.75, 3.05) is 13.2 Å². The van der Waals surface area contributed by atoms with E-state index in [0.717, 1.165) is 39.1 Å². The Bertz CT molecular complexity index is 1880. The summed E-state index contributed by atoms with van der Waals surface area (Å²) < 4.78 is 41.8. The molecule has 0 bridgehead atoms. The molecule has 4 N–H and O–H groups in total. The number of carboxylic acids is 1. The molecular weight excluding hydrogens is 632 g/mol. The first kappa shape index (κ1) is 33.3. The highest BCUT2D eigenvalue weighted by Gasteiger charge is 2.37. The van der Waals surface area contributed by atoms with Gasteiger partial charge in [-0.15, -0.1) is 0 Å². The first-order valence-corrected chi connectivity index (χ1v) is 17.7. The van der Waals surface area contributed by atoms with E-state index in [1.54, 1.807) is 13.8 Å². The first-order valence-electron chi connectivity index (χ1n) is 16.3. The molecule has 3 aromatic carbocycles. The third-order valence-electron chi connectivity index (χ3n) is 9.62. The Kier molecular flexibility index (Phi) is 8.88. The first-order chi connectivity index (χ1) is 22.8. The predicted octanol–water partition coefficient (Wildman–Crippen LogP) is 5.09. The number of nitrogens with zero attached hydrogens (tertiary/aromatic N) is 1. The van der Waals surface area contributed by atoms with Crippen LogP contribution in [0.4, 0.5) is 4.79 Å². The predicted molar refractivity (Wildman–Crippen MR) is 182 cm³/mol. The number of hydrogen-bond acceptors (Lipinski definition) is 8. The fourth-order valence-electron chi connectivity index (χ4n) is 7.16. The second-order valence-electron chi connectivity index (χ2n) is 13.5. The van der Waals surface area contributed by atoms with Gasteiger partial charge in [-0.3, -0.25) is 4.99 Å². The third kappa shape index (κ3) is 6.45. The minimum Gasteiger partial charge on any atom is -0.487 e. The molecule has 1 unspecified atom stereocenters. The van der Waals surface area contributed by atoms with Crippen molar-refractivity contribution in [1.29, 1.82) is 0 Å². The minimum atomic E-state index is -4.00. The highest BCUT2D eigenvalue weighted by molar-refractivity contribution is 7.90. The molecule has 0 saturated heterocycles. The summed E-state index contributed by atoms with van der Waals surface area (Å²) in [7, 11) is -4.00. The number of aliphatic imine (C=N–C) groups is 1. The van der Waals surface area contributed by atoms with Crippen molar-refractivity contribution in [1.82, 2.24) is 15.4 Å². The van der Waals surface area contributed by atoms with Gasteiger partial charge >= 0.3 is 12.1 Å². The van der Waals surface area contributed by atoms with Gasteiger partial charge in [0.25, 0.3) is 10.0 Å². The summed E-state index contributed by atoms with van der Waals surface area (Å²) in [5.41, 5.74) is 6.86. The Morgan fingerprint density at radius 1 is 1.04 bits per heavy atom. The van der Waals surface area contributed by atoms with E-state index in [1.807, 2.05) is 69.3 Å². The van der Waals surface area contributed by atoms with Crippen LogP contribution in [0.1, 0.15) is 72.4 Å². The number of aliphatic carboxylic acids is 1. The zero-order valence-electron chi connectivity index (χ0n) is 27.8. The number of sulfonamides is 1. The fourth-order valence-corrected chi connectivity index (χ4v) is 8.72. The molecule has 48 heavy (non-hydrogen) atoms. The van der Waals surface area contributed by atoms with Crippen LogP contribution in [-0.2, 0) is 26.0 Å². The molecule has 3 aliphatic rings. The summed E-state index contributed by atoms with van der Waals surface area (Å²) >= 11 is 0. The number of benzene rings is 3. The average molecular weight is 675 g/mol. The summed E-state index contributed by atoms with van der Waals surface area (Å²) in [6.45, 7) is 9.85. The molecule has 2 aliphatic heterocycles. The lowest BCUT2D eigenvalue weighted by Gasteiger charge is -2.27. The number of rotatable bonds is 9. The van der Waals surface area contributed by atoms with E-state index in [4.69, 9.17) is 9.47 Å². The largest absolute Gasteiger partial charge is 0.487 e. The van der Waals surface area contributed by atoms with Gasteiger partial charge in [0, 0.05) is 30.5 Å². The van der Waals surface area contributed by atoms with Crippen LogP contribution < -0.4 is 20.1 Å². The van der Waals surface area contributed by atoms with Crippen LogP contribution in [0, 0.1) is 20.8 Å². The maximum atomic E-state index is 13.7. The lowest BCUT2D eigenvalue weighted by molar-refractivity contribution is -0.139. The van der Waals surface area contributed by atoms with Crippen LogP contribution in [0.3, 0.4) is 0 Å². The molecule has 0 fully saturated rings. The number of hydrogen-bond donors (Lipinski definition) is 4. The van der Waals surface area contributed by atoms with Crippen LogP contribution in [-0.4, -0.2) is 62.4 Å². The van der Waals surface area contributed by atoms with E-state index >= 15 is 0 Å². The van der Waals surface area contributed by atoms with Crippen molar-refractivity contribution < 1.29 is 32.6 Å². The summed E-state index contributed by atoms with van der Waals surface area (Å²) in [5.74, 6) is -0.468. The van der Waals surface area contributed by atoms with Crippen molar-refractivity contribution in [3.05, 3.63) is 81.9 Å². The van der Waals surface area contributed by atoms with Crippen molar-refractivity contribution in [3.63, 3.8) is 0 Å². The minimum absolute atomic E-state index is 0.0732. The van der Waals surface area contributed by atoms with Crippen molar-refractivity contribution in [3.8, 4) is 16.9 Å². The van der Waals surface area contributed by atoms with Gasteiger partial charge in [-0.05, 0) is 92.8 Å². The second kappa shape index (κ2) is 12.8. The lowest BCUT2D eigenvalue weighted by atomic mass is 9.94. The number of amides is 1. The quantitative estimate of drug-likeness (QED) is 0.245. The molecule has 6 rings (SSSR count). The zero-order chi connectivity index (χ0) is 34.4. The molecule has 0 radical (unpaired) electrons. The molecule has 2 heterocycles. The van der Waals surface area contributed by atoms with Gasteiger partial charge in [-0.2, -0.15) is 0 Å². The Morgan fingerprint density at radius 3 is 2.33 bits per heavy atom. The van der Waals surface area contributed by atoms with Gasteiger partial charge < -0.3 is 25.2 Å². The van der Waals surface area contributed by atoms with Crippen molar-refractivity contribution >= 4 is 28.0 Å². The van der Waals surface area contributed by atoms with Gasteiger partial charge in [0.15, 0.2) is 0 Å². The molecule has 1 amide bonds. The Labute approximate surface area is 281 Å². The van der Waals surface area contributed by atoms with Crippen LogP contribution in [0.15, 0.2) is 58.4 Å². The maximum Gasteiger partial charge on any atom is 0.407 e. The van der Waals surface area contributed by atoms with Gasteiger partial charge in [-0.1, -0.05) is 48.5 Å². The molecule has 3 aromatic rings. The molecule has 12 heteroatoms. The highest BCUT2D eigenvalue weighted by atomic mass is 32.2. The molecule has 11 nitrogen and oxygen atoms in total. The Balaban J connectivity index is 1.05. The number of alkyl carbamates (subject to hydrolysis) is 1. The number of carbonyl (C=O) groups excluding carboxylic acids is 1. The van der Waals surface area contributed by atoms with E-state index in [2.05, 4.69) is 20.3 Å². The van der Waals surface area contributed by atoms with E-state index in [-0.39, 0.29) is 35.8 Å². The van der Waals surface area contributed by atoms with Gasteiger partial charge in [0.2, 0.25) is 5.96 Å². The van der Waals surface area contributed by atoms with Crippen molar-refractivity contribution in [2.24, 2.45) is 4.99 Å². The molecule has 0 saturated carbocycles. The SMILES string of the molecule is Cc1c(C)c(S(=O)(=O)NC2=NCCC(CC[C@H](NC(=O)OCC3c4ccccc4-c4ccccc43)C(=O)O)N2)c(C)c2c1OC(C)(C)C2. The molecule has 1 aliphatic carbocycles.